The highest BCUT2D eigenvalue weighted by Gasteiger charge is 2.30. The van der Waals surface area contributed by atoms with Gasteiger partial charge < -0.3 is 9.72 Å². The summed E-state index contributed by atoms with van der Waals surface area (Å²) in [7, 11) is -1.38. The van der Waals surface area contributed by atoms with Crippen molar-refractivity contribution >= 4 is 43.7 Å². The van der Waals surface area contributed by atoms with E-state index in [0.29, 0.717) is 20.4 Å². The Bertz CT molecular complexity index is 949. The Morgan fingerprint density at radius 1 is 1.48 bits per heavy atom. The van der Waals surface area contributed by atoms with Crippen molar-refractivity contribution in [3.8, 4) is 0 Å². The van der Waals surface area contributed by atoms with E-state index < -0.39 is 33.9 Å². The fraction of sp³-hybridized carbons (Fsp3) is 0.357. The maximum Gasteiger partial charge on any atom is 0.317 e. The van der Waals surface area contributed by atoms with Crippen LogP contribution in [0.25, 0.3) is 11.0 Å². The second-order valence-corrected chi connectivity index (χ2v) is 7.48. The molecule has 7 nitrogen and oxygen atoms in total. The number of esters is 1. The van der Waals surface area contributed by atoms with E-state index in [-0.39, 0.29) is 18.8 Å². The summed E-state index contributed by atoms with van der Waals surface area (Å²) >= 11 is 3.30. The molecule has 9 heteroatoms. The molecule has 1 aromatic carbocycles. The topological polar surface area (TPSA) is 98.2 Å². The number of nitrogens with one attached hydrogen (secondary N) is 1. The van der Waals surface area contributed by atoms with E-state index in [1.807, 2.05) is 0 Å². The molecular formula is C14H13BrN2O5S. The molecule has 1 aromatic heterocycles. The van der Waals surface area contributed by atoms with Gasteiger partial charge in [-0.25, -0.2) is 0 Å². The van der Waals surface area contributed by atoms with Gasteiger partial charge in [0, 0.05) is 10.2 Å². The van der Waals surface area contributed by atoms with Gasteiger partial charge in [-0.1, -0.05) is 15.9 Å². The molecule has 2 atom stereocenters. The molecular weight excluding hydrogens is 388 g/mol. The lowest BCUT2D eigenvalue weighted by molar-refractivity contribution is -0.143. The summed E-state index contributed by atoms with van der Waals surface area (Å²) in [4.78, 5) is 38.9. The Morgan fingerprint density at radius 3 is 2.91 bits per heavy atom. The van der Waals surface area contributed by atoms with E-state index in [1.54, 1.807) is 19.1 Å². The number of hydrogen-bond donors (Lipinski definition) is 1. The van der Waals surface area contributed by atoms with Crippen LogP contribution in [0.15, 0.2) is 31.1 Å². The van der Waals surface area contributed by atoms with Crippen LogP contribution in [-0.4, -0.2) is 32.1 Å². The SMILES string of the molecule is CCOC(=O)CC1CS(=O)c2cc(Br)cc3[nH]c(=O)c(=O)n1c23. The highest BCUT2D eigenvalue weighted by Crippen LogP contribution is 2.32. The molecule has 23 heavy (non-hydrogen) atoms. The summed E-state index contributed by atoms with van der Waals surface area (Å²) in [5.74, 6) is -0.406. The lowest BCUT2D eigenvalue weighted by atomic mass is 10.2. The predicted octanol–water partition coefficient (Wildman–Crippen LogP) is 1.07. The van der Waals surface area contributed by atoms with Gasteiger partial charge in [-0.3, -0.25) is 23.2 Å². The van der Waals surface area contributed by atoms with Crippen molar-refractivity contribution in [3.05, 3.63) is 37.3 Å². The molecule has 1 N–H and O–H groups in total. The summed E-state index contributed by atoms with van der Waals surface area (Å²) in [5.41, 5.74) is -0.729. The van der Waals surface area contributed by atoms with Crippen molar-refractivity contribution in [1.82, 2.24) is 9.55 Å². The van der Waals surface area contributed by atoms with Crippen LogP contribution >= 0.6 is 15.9 Å². The molecule has 0 saturated heterocycles. The standard InChI is InChI=1S/C14H13BrN2O5S/c1-2-22-11(18)5-8-6-23(21)10-4-7(15)3-9-12(10)17(8)14(20)13(19)16-9/h3-4,8H,2,5-6H2,1H3,(H,16,19). The smallest absolute Gasteiger partial charge is 0.317 e. The molecule has 2 heterocycles. The molecule has 3 rings (SSSR count). The molecule has 1 aliphatic rings. The molecule has 2 aromatic rings. The van der Waals surface area contributed by atoms with E-state index in [4.69, 9.17) is 4.74 Å². The Balaban J connectivity index is 2.28. The number of rotatable bonds is 3. The fourth-order valence-corrected chi connectivity index (χ4v) is 4.82. The Labute approximate surface area is 141 Å². The van der Waals surface area contributed by atoms with Crippen LogP contribution in [0, 0.1) is 0 Å². The Hall–Kier alpha value is -1.74. The maximum absolute atomic E-state index is 12.5. The number of hydrogen-bond acceptors (Lipinski definition) is 5. The van der Waals surface area contributed by atoms with Gasteiger partial charge >= 0.3 is 17.1 Å². The molecule has 0 saturated carbocycles. The molecule has 0 fully saturated rings. The van der Waals surface area contributed by atoms with Crippen LogP contribution in [0.2, 0.25) is 0 Å². The zero-order valence-electron chi connectivity index (χ0n) is 12.1. The van der Waals surface area contributed by atoms with Gasteiger partial charge in [-0.05, 0) is 19.1 Å². The van der Waals surface area contributed by atoms with Gasteiger partial charge in [-0.2, -0.15) is 0 Å². The molecule has 0 radical (unpaired) electrons. The van der Waals surface area contributed by atoms with Crippen LogP contribution in [0.1, 0.15) is 19.4 Å². The summed E-state index contributed by atoms with van der Waals surface area (Å²) < 4.78 is 19.3. The lowest BCUT2D eigenvalue weighted by Crippen LogP contribution is -2.42. The van der Waals surface area contributed by atoms with Crippen LogP contribution in [0.5, 0.6) is 0 Å². The van der Waals surface area contributed by atoms with Crippen LogP contribution in [0.4, 0.5) is 0 Å². The molecule has 2 unspecified atom stereocenters. The van der Waals surface area contributed by atoms with Gasteiger partial charge in [0.15, 0.2) is 0 Å². The first-order chi connectivity index (χ1) is 10.9. The first-order valence-corrected chi connectivity index (χ1v) is 9.05. The number of nitrogens with zero attached hydrogens (tertiary/aromatic N) is 1. The van der Waals surface area contributed by atoms with E-state index >= 15 is 0 Å². The van der Waals surface area contributed by atoms with Crippen molar-refractivity contribution in [3.63, 3.8) is 0 Å². The van der Waals surface area contributed by atoms with Crippen molar-refractivity contribution in [2.24, 2.45) is 0 Å². The zero-order valence-corrected chi connectivity index (χ0v) is 14.5. The molecule has 0 aliphatic carbocycles. The minimum absolute atomic E-state index is 0.0841. The first-order valence-electron chi connectivity index (χ1n) is 6.94. The second-order valence-electron chi connectivity index (χ2n) is 5.10. The van der Waals surface area contributed by atoms with E-state index in [2.05, 4.69) is 20.9 Å². The largest absolute Gasteiger partial charge is 0.466 e. The number of H-pyrrole nitrogens is 1. The average Bonchev–Trinajstić information content (AvgIpc) is 2.47. The molecule has 0 bridgehead atoms. The average molecular weight is 401 g/mol. The summed E-state index contributed by atoms with van der Waals surface area (Å²) in [6.45, 7) is 1.90. The monoisotopic (exact) mass is 400 g/mol. The van der Waals surface area contributed by atoms with E-state index in [1.165, 1.54) is 4.57 Å². The van der Waals surface area contributed by atoms with Crippen molar-refractivity contribution in [1.29, 1.82) is 0 Å². The molecule has 0 amide bonds. The fourth-order valence-electron chi connectivity index (χ4n) is 2.73. The Kier molecular flexibility index (Phi) is 4.24. The third-order valence-corrected chi connectivity index (χ3v) is 5.55. The Morgan fingerprint density at radius 2 is 2.22 bits per heavy atom. The van der Waals surface area contributed by atoms with Gasteiger partial charge in [0.1, 0.15) is 0 Å². The van der Waals surface area contributed by atoms with Crippen LogP contribution < -0.4 is 11.1 Å². The molecule has 122 valence electrons. The van der Waals surface area contributed by atoms with Crippen molar-refractivity contribution in [2.45, 2.75) is 24.3 Å². The predicted molar refractivity (Wildman–Crippen MR) is 88.1 cm³/mol. The number of benzene rings is 1. The van der Waals surface area contributed by atoms with E-state index in [9.17, 15) is 18.6 Å². The molecule has 1 aliphatic heterocycles. The van der Waals surface area contributed by atoms with Gasteiger partial charge in [0.2, 0.25) is 0 Å². The summed E-state index contributed by atoms with van der Waals surface area (Å²) in [6, 6.07) is 2.63. The number of halogens is 1. The number of carbonyl (C=O) groups excluding carboxylic acids is 1. The number of carbonyl (C=O) groups is 1. The zero-order chi connectivity index (χ0) is 16.7. The van der Waals surface area contributed by atoms with Crippen LogP contribution in [-0.2, 0) is 20.3 Å². The van der Waals surface area contributed by atoms with Gasteiger partial charge in [0.05, 0.1) is 45.8 Å². The third-order valence-electron chi connectivity index (χ3n) is 3.60. The van der Waals surface area contributed by atoms with Crippen LogP contribution in [0.3, 0.4) is 0 Å². The van der Waals surface area contributed by atoms with E-state index in [0.717, 1.165) is 0 Å². The first kappa shape index (κ1) is 16.1. The lowest BCUT2D eigenvalue weighted by Gasteiger charge is -2.26. The maximum atomic E-state index is 12.5. The molecule has 0 spiro atoms. The summed E-state index contributed by atoms with van der Waals surface area (Å²) in [5, 5.41) is 0. The summed E-state index contributed by atoms with van der Waals surface area (Å²) in [6.07, 6.45) is -0.104. The van der Waals surface area contributed by atoms with Gasteiger partial charge in [-0.15, -0.1) is 0 Å². The number of ether oxygens (including phenoxy) is 1. The highest BCUT2D eigenvalue weighted by molar-refractivity contribution is 9.10. The van der Waals surface area contributed by atoms with Crippen molar-refractivity contribution < 1.29 is 13.7 Å². The van der Waals surface area contributed by atoms with Gasteiger partial charge in [0.25, 0.3) is 0 Å². The minimum Gasteiger partial charge on any atom is -0.466 e. The minimum atomic E-state index is -1.38. The van der Waals surface area contributed by atoms with Crippen molar-refractivity contribution in [2.75, 3.05) is 12.4 Å². The second kappa shape index (κ2) is 6.04. The third kappa shape index (κ3) is 2.78. The normalized spacial score (nSPS) is 19.7. The highest BCUT2D eigenvalue weighted by atomic mass is 79.9. The number of aromatic amines is 1. The quantitative estimate of drug-likeness (QED) is 0.613. The number of aromatic nitrogens is 2.